The van der Waals surface area contributed by atoms with Gasteiger partial charge in [0.1, 0.15) is 5.75 Å². The van der Waals surface area contributed by atoms with Gasteiger partial charge in [-0.15, -0.1) is 0 Å². The molecule has 0 aromatic heterocycles. The SMILES string of the molecule is C[C@H](Oc1ccc(N2CCC3(CC=NCC3)C2)cc1)C(F)(F)F. The molecule has 0 N–H and O–H groups in total. The Labute approximate surface area is 134 Å². The first-order valence-corrected chi connectivity index (χ1v) is 7.95. The Morgan fingerprint density at radius 1 is 1.22 bits per heavy atom. The summed E-state index contributed by atoms with van der Waals surface area (Å²) in [5.74, 6) is 0.247. The van der Waals surface area contributed by atoms with E-state index in [-0.39, 0.29) is 5.75 Å². The normalized spacial score (nSPS) is 25.8. The number of nitrogens with zero attached hydrogens (tertiary/aromatic N) is 2. The van der Waals surface area contributed by atoms with Crippen LogP contribution in [0.25, 0.3) is 0 Å². The smallest absolute Gasteiger partial charge is 0.425 e. The minimum Gasteiger partial charge on any atom is -0.481 e. The van der Waals surface area contributed by atoms with Gasteiger partial charge in [0, 0.05) is 25.3 Å². The van der Waals surface area contributed by atoms with E-state index in [1.54, 1.807) is 12.1 Å². The van der Waals surface area contributed by atoms with Crippen LogP contribution >= 0.6 is 0 Å². The predicted octanol–water partition coefficient (Wildman–Crippen LogP) is 4.08. The van der Waals surface area contributed by atoms with Crippen molar-refractivity contribution in [2.75, 3.05) is 24.5 Å². The fourth-order valence-electron chi connectivity index (χ4n) is 3.29. The van der Waals surface area contributed by atoms with E-state index in [1.165, 1.54) is 0 Å². The van der Waals surface area contributed by atoms with Gasteiger partial charge >= 0.3 is 6.18 Å². The summed E-state index contributed by atoms with van der Waals surface area (Å²) in [6.07, 6.45) is -0.837. The molecule has 1 fully saturated rings. The largest absolute Gasteiger partial charge is 0.481 e. The Morgan fingerprint density at radius 3 is 2.57 bits per heavy atom. The second kappa shape index (κ2) is 6.06. The molecular weight excluding hydrogens is 305 g/mol. The van der Waals surface area contributed by atoms with Crippen LogP contribution in [0.4, 0.5) is 18.9 Å². The highest BCUT2D eigenvalue weighted by molar-refractivity contribution is 5.60. The van der Waals surface area contributed by atoms with Crippen LogP contribution in [0, 0.1) is 5.41 Å². The lowest BCUT2D eigenvalue weighted by molar-refractivity contribution is -0.189. The lowest BCUT2D eigenvalue weighted by Crippen LogP contribution is -2.31. The van der Waals surface area contributed by atoms with Crippen LogP contribution in [0.15, 0.2) is 29.3 Å². The first kappa shape index (κ1) is 16.1. The zero-order valence-corrected chi connectivity index (χ0v) is 13.1. The number of anilines is 1. The van der Waals surface area contributed by atoms with Crippen LogP contribution < -0.4 is 9.64 Å². The summed E-state index contributed by atoms with van der Waals surface area (Å²) in [5, 5.41) is 0. The van der Waals surface area contributed by atoms with Gasteiger partial charge in [-0.05, 0) is 62.1 Å². The van der Waals surface area contributed by atoms with Gasteiger partial charge in [0.15, 0.2) is 6.10 Å². The van der Waals surface area contributed by atoms with Gasteiger partial charge in [-0.2, -0.15) is 13.2 Å². The van der Waals surface area contributed by atoms with Crippen molar-refractivity contribution in [2.45, 2.75) is 38.5 Å². The Hall–Kier alpha value is -1.72. The van der Waals surface area contributed by atoms with Gasteiger partial charge in [-0.1, -0.05) is 0 Å². The quantitative estimate of drug-likeness (QED) is 0.836. The third-order valence-corrected chi connectivity index (χ3v) is 4.84. The summed E-state index contributed by atoms with van der Waals surface area (Å²) < 4.78 is 42.5. The highest BCUT2D eigenvalue weighted by atomic mass is 19.4. The summed E-state index contributed by atoms with van der Waals surface area (Å²) in [5.41, 5.74) is 1.36. The molecule has 2 heterocycles. The molecule has 0 saturated carbocycles. The first-order chi connectivity index (χ1) is 10.9. The van der Waals surface area contributed by atoms with Crippen LogP contribution in [-0.2, 0) is 0 Å². The topological polar surface area (TPSA) is 24.8 Å². The Morgan fingerprint density at radius 2 is 1.96 bits per heavy atom. The molecule has 0 bridgehead atoms. The van der Waals surface area contributed by atoms with Crippen LogP contribution in [0.1, 0.15) is 26.2 Å². The summed E-state index contributed by atoms with van der Waals surface area (Å²) in [6.45, 7) is 3.88. The van der Waals surface area contributed by atoms with Gasteiger partial charge in [0.2, 0.25) is 0 Å². The van der Waals surface area contributed by atoms with Gasteiger partial charge in [0.05, 0.1) is 0 Å². The molecule has 23 heavy (non-hydrogen) atoms. The summed E-state index contributed by atoms with van der Waals surface area (Å²) in [4.78, 5) is 6.60. The van der Waals surface area contributed by atoms with E-state index in [1.807, 2.05) is 18.3 Å². The molecule has 2 atom stereocenters. The number of halogens is 3. The Kier molecular flexibility index (Phi) is 4.25. The molecule has 1 unspecified atom stereocenters. The molecule has 126 valence electrons. The van der Waals surface area contributed by atoms with Gasteiger partial charge in [0.25, 0.3) is 0 Å². The molecule has 0 radical (unpaired) electrons. The van der Waals surface area contributed by atoms with Crippen molar-refractivity contribution in [2.24, 2.45) is 10.4 Å². The standard InChI is InChI=1S/C17H21F3N2O/c1-13(17(18,19)20)23-15-4-2-14(3-5-15)22-11-8-16(12-22)6-9-21-10-7-16/h2-5,9,13H,6-8,10-12H2,1H3/t13-,16?/m0/s1. The maximum Gasteiger partial charge on any atom is 0.425 e. The number of hydrogen-bond donors (Lipinski definition) is 0. The lowest BCUT2D eigenvalue weighted by Gasteiger charge is -2.30. The maximum absolute atomic E-state index is 12.5. The molecule has 0 aliphatic carbocycles. The van der Waals surface area contributed by atoms with Crippen molar-refractivity contribution in [3.63, 3.8) is 0 Å². The van der Waals surface area contributed by atoms with Crippen LogP contribution in [-0.4, -0.2) is 38.1 Å². The number of rotatable bonds is 3. The molecule has 1 aromatic carbocycles. The van der Waals surface area contributed by atoms with Crippen molar-refractivity contribution in [3.05, 3.63) is 24.3 Å². The average molecular weight is 326 g/mol. The average Bonchev–Trinajstić information content (AvgIpc) is 2.91. The Balaban J connectivity index is 1.63. The van der Waals surface area contributed by atoms with E-state index in [9.17, 15) is 13.2 Å². The third kappa shape index (κ3) is 3.62. The molecule has 6 heteroatoms. The van der Waals surface area contributed by atoms with Crippen molar-refractivity contribution < 1.29 is 17.9 Å². The number of hydrogen-bond acceptors (Lipinski definition) is 3. The summed E-state index contributed by atoms with van der Waals surface area (Å²) in [7, 11) is 0. The molecule has 2 aliphatic rings. The lowest BCUT2D eigenvalue weighted by atomic mass is 9.79. The van der Waals surface area contributed by atoms with E-state index in [0.29, 0.717) is 5.41 Å². The fraction of sp³-hybridized carbons (Fsp3) is 0.588. The summed E-state index contributed by atoms with van der Waals surface area (Å²) in [6, 6.07) is 6.92. The van der Waals surface area contributed by atoms with E-state index in [0.717, 1.165) is 51.5 Å². The molecule has 1 saturated heterocycles. The van der Waals surface area contributed by atoms with Gasteiger partial charge < -0.3 is 9.64 Å². The van der Waals surface area contributed by atoms with Crippen molar-refractivity contribution in [1.82, 2.24) is 0 Å². The monoisotopic (exact) mass is 326 g/mol. The first-order valence-electron chi connectivity index (χ1n) is 7.95. The number of benzene rings is 1. The molecular formula is C17H21F3N2O. The van der Waals surface area contributed by atoms with E-state index in [2.05, 4.69) is 9.89 Å². The molecule has 0 amide bonds. The Bertz CT molecular complexity index is 570. The second-order valence-electron chi connectivity index (χ2n) is 6.51. The van der Waals surface area contributed by atoms with Crippen LogP contribution in [0.2, 0.25) is 0 Å². The molecule has 3 nitrogen and oxygen atoms in total. The molecule has 3 rings (SSSR count). The maximum atomic E-state index is 12.5. The number of ether oxygens (including phenoxy) is 1. The zero-order chi connectivity index (χ0) is 16.5. The van der Waals surface area contributed by atoms with Gasteiger partial charge in [-0.3, -0.25) is 4.99 Å². The predicted molar refractivity (Wildman–Crippen MR) is 84.4 cm³/mol. The van der Waals surface area contributed by atoms with E-state index >= 15 is 0 Å². The minimum absolute atomic E-state index is 0.247. The van der Waals surface area contributed by atoms with Gasteiger partial charge in [-0.25, -0.2) is 0 Å². The van der Waals surface area contributed by atoms with E-state index in [4.69, 9.17) is 4.74 Å². The fourth-order valence-corrected chi connectivity index (χ4v) is 3.29. The molecule has 2 aliphatic heterocycles. The van der Waals surface area contributed by atoms with Crippen molar-refractivity contribution in [1.29, 1.82) is 0 Å². The molecule has 1 aromatic rings. The van der Waals surface area contributed by atoms with Crippen molar-refractivity contribution in [3.8, 4) is 5.75 Å². The van der Waals surface area contributed by atoms with Crippen molar-refractivity contribution >= 4 is 11.9 Å². The molecule has 1 spiro atoms. The highest BCUT2D eigenvalue weighted by Crippen LogP contribution is 2.40. The van der Waals surface area contributed by atoms with Crippen LogP contribution in [0.3, 0.4) is 0 Å². The van der Waals surface area contributed by atoms with Crippen LogP contribution in [0.5, 0.6) is 5.75 Å². The number of aliphatic imine (C=N–C) groups is 1. The highest BCUT2D eigenvalue weighted by Gasteiger charge is 2.39. The summed E-state index contributed by atoms with van der Waals surface area (Å²) >= 11 is 0. The second-order valence-corrected chi connectivity index (χ2v) is 6.51. The zero-order valence-electron chi connectivity index (χ0n) is 13.1. The minimum atomic E-state index is -4.34. The number of alkyl halides is 3. The third-order valence-electron chi connectivity index (χ3n) is 4.84. The van der Waals surface area contributed by atoms with E-state index < -0.39 is 12.3 Å².